The van der Waals surface area contributed by atoms with Crippen LogP contribution in [-0.4, -0.2) is 23.1 Å². The number of nitrogens with one attached hydrogen (secondary N) is 1. The van der Waals surface area contributed by atoms with Crippen LogP contribution >= 0.6 is 0 Å². The maximum absolute atomic E-state index is 12.7. The molecule has 0 fully saturated rings. The molecule has 0 aromatic heterocycles. The Bertz CT molecular complexity index is 849. The summed E-state index contributed by atoms with van der Waals surface area (Å²) in [6.45, 7) is 4.75. The second kappa shape index (κ2) is 7.34. The molecule has 1 aliphatic carbocycles. The SMILES string of the molecule is CCCCN=C1C=C(Nc2ccc(C)cc2)c2c(O)cccc2C1=O. The van der Waals surface area contributed by atoms with E-state index in [4.69, 9.17) is 0 Å². The van der Waals surface area contributed by atoms with Crippen LogP contribution < -0.4 is 5.32 Å². The van der Waals surface area contributed by atoms with Crippen molar-refractivity contribution in [3.63, 3.8) is 0 Å². The fourth-order valence-corrected chi connectivity index (χ4v) is 2.79. The van der Waals surface area contributed by atoms with Crippen LogP contribution in [0.15, 0.2) is 53.5 Å². The number of hydrogen-bond acceptors (Lipinski definition) is 4. The van der Waals surface area contributed by atoms with Crippen LogP contribution in [0.2, 0.25) is 0 Å². The molecule has 2 aromatic rings. The zero-order valence-corrected chi connectivity index (χ0v) is 14.5. The van der Waals surface area contributed by atoms with Gasteiger partial charge in [-0.15, -0.1) is 0 Å². The average molecular weight is 334 g/mol. The Balaban J connectivity index is 2.02. The van der Waals surface area contributed by atoms with E-state index < -0.39 is 0 Å². The molecule has 25 heavy (non-hydrogen) atoms. The normalized spacial score (nSPS) is 15.0. The van der Waals surface area contributed by atoms with Crippen molar-refractivity contribution in [2.45, 2.75) is 26.7 Å². The second-order valence-electron chi connectivity index (χ2n) is 6.20. The number of fused-ring (bicyclic) bond motifs is 1. The van der Waals surface area contributed by atoms with Crippen molar-refractivity contribution in [3.05, 3.63) is 65.2 Å². The number of carbonyl (C=O) groups is 1. The van der Waals surface area contributed by atoms with Gasteiger partial charge in [0.15, 0.2) is 0 Å². The number of rotatable bonds is 5. The quantitative estimate of drug-likeness (QED) is 0.786. The maximum atomic E-state index is 12.7. The zero-order chi connectivity index (χ0) is 17.8. The number of ketones is 1. The van der Waals surface area contributed by atoms with E-state index in [-0.39, 0.29) is 11.5 Å². The highest BCUT2D eigenvalue weighted by atomic mass is 16.3. The molecule has 2 aromatic carbocycles. The Kier molecular flexibility index (Phi) is 4.98. The molecule has 0 atom stereocenters. The molecule has 128 valence electrons. The van der Waals surface area contributed by atoms with E-state index >= 15 is 0 Å². The van der Waals surface area contributed by atoms with Crippen LogP contribution in [0.4, 0.5) is 5.69 Å². The van der Waals surface area contributed by atoms with E-state index in [0.717, 1.165) is 18.5 Å². The minimum atomic E-state index is -0.142. The lowest BCUT2D eigenvalue weighted by molar-refractivity contribution is 0.106. The number of Topliss-reactive ketones (excluding diaryl/α,β-unsaturated/α-hetero) is 1. The van der Waals surface area contributed by atoms with E-state index in [9.17, 15) is 9.90 Å². The van der Waals surface area contributed by atoms with Crippen molar-refractivity contribution in [3.8, 4) is 5.75 Å². The summed E-state index contributed by atoms with van der Waals surface area (Å²) in [4.78, 5) is 17.1. The van der Waals surface area contributed by atoms with E-state index in [0.29, 0.717) is 29.1 Å². The third kappa shape index (κ3) is 3.63. The van der Waals surface area contributed by atoms with E-state index in [1.54, 1.807) is 24.3 Å². The van der Waals surface area contributed by atoms with Crippen molar-refractivity contribution < 1.29 is 9.90 Å². The van der Waals surface area contributed by atoms with Gasteiger partial charge in [-0.25, -0.2) is 0 Å². The molecule has 0 spiro atoms. The molecule has 0 bridgehead atoms. The number of phenolic OH excluding ortho intramolecular Hbond substituents is 1. The zero-order valence-electron chi connectivity index (χ0n) is 14.5. The smallest absolute Gasteiger partial charge is 0.211 e. The largest absolute Gasteiger partial charge is 0.507 e. The van der Waals surface area contributed by atoms with E-state index in [1.807, 2.05) is 31.2 Å². The standard InChI is InChI=1S/C21H22N2O2/c1-3-4-12-22-18-13-17(23-15-10-8-14(2)9-11-15)20-16(21(18)25)6-5-7-19(20)24/h5-11,13,23-24H,3-4,12H2,1-2H3. The summed E-state index contributed by atoms with van der Waals surface area (Å²) in [5, 5.41) is 13.6. The molecule has 2 N–H and O–H groups in total. The molecule has 0 unspecified atom stereocenters. The van der Waals surface area contributed by atoms with Gasteiger partial charge >= 0.3 is 0 Å². The molecule has 4 nitrogen and oxygen atoms in total. The van der Waals surface area contributed by atoms with E-state index in [2.05, 4.69) is 17.2 Å². The Morgan fingerprint density at radius 2 is 1.88 bits per heavy atom. The Morgan fingerprint density at radius 3 is 2.60 bits per heavy atom. The Hall–Kier alpha value is -2.88. The summed E-state index contributed by atoms with van der Waals surface area (Å²) >= 11 is 0. The van der Waals surface area contributed by atoms with Crippen molar-refractivity contribution in [1.82, 2.24) is 0 Å². The second-order valence-corrected chi connectivity index (χ2v) is 6.20. The van der Waals surface area contributed by atoms with Gasteiger partial charge in [0.05, 0.1) is 11.3 Å². The van der Waals surface area contributed by atoms with Crippen LogP contribution in [0.3, 0.4) is 0 Å². The van der Waals surface area contributed by atoms with Gasteiger partial charge in [-0.2, -0.15) is 0 Å². The number of aliphatic imine (C=N–C) groups is 1. The molecule has 0 saturated heterocycles. The Labute approximate surface area is 147 Å². The molecule has 0 amide bonds. The topological polar surface area (TPSA) is 61.7 Å². The minimum Gasteiger partial charge on any atom is -0.507 e. The fourth-order valence-electron chi connectivity index (χ4n) is 2.79. The molecule has 4 heteroatoms. The highest BCUT2D eigenvalue weighted by Gasteiger charge is 2.26. The first-order valence-electron chi connectivity index (χ1n) is 8.57. The first-order valence-corrected chi connectivity index (χ1v) is 8.57. The number of anilines is 1. The summed E-state index contributed by atoms with van der Waals surface area (Å²) in [5.41, 5.74) is 4.19. The predicted octanol–water partition coefficient (Wildman–Crippen LogP) is 4.59. The minimum absolute atomic E-state index is 0.0873. The van der Waals surface area contributed by atoms with Gasteiger partial charge in [0.2, 0.25) is 5.78 Å². The van der Waals surface area contributed by atoms with E-state index in [1.165, 1.54) is 5.56 Å². The maximum Gasteiger partial charge on any atom is 0.211 e. The molecule has 0 radical (unpaired) electrons. The number of allylic oxidation sites excluding steroid dienone is 1. The van der Waals surface area contributed by atoms with Crippen LogP contribution in [0.1, 0.15) is 41.3 Å². The lowest BCUT2D eigenvalue weighted by Gasteiger charge is -2.20. The van der Waals surface area contributed by atoms with Gasteiger partial charge in [0.1, 0.15) is 11.5 Å². The van der Waals surface area contributed by atoms with Gasteiger partial charge in [0, 0.05) is 17.8 Å². The summed E-state index contributed by atoms with van der Waals surface area (Å²) in [5.74, 6) is -0.0548. The molecule has 1 aliphatic rings. The lowest BCUT2D eigenvalue weighted by atomic mass is 9.91. The summed E-state index contributed by atoms with van der Waals surface area (Å²) < 4.78 is 0. The van der Waals surface area contributed by atoms with Gasteiger partial charge in [0.25, 0.3) is 0 Å². The number of carbonyl (C=O) groups excluding carboxylic acids is 1. The van der Waals surface area contributed by atoms with Crippen LogP contribution in [0.5, 0.6) is 5.75 Å². The number of aromatic hydroxyl groups is 1. The third-order valence-electron chi connectivity index (χ3n) is 4.19. The van der Waals surface area contributed by atoms with Crippen molar-refractivity contribution in [2.24, 2.45) is 4.99 Å². The molecular formula is C21H22N2O2. The predicted molar refractivity (Wildman–Crippen MR) is 102 cm³/mol. The number of benzene rings is 2. The van der Waals surface area contributed by atoms with Crippen molar-refractivity contribution in [2.75, 3.05) is 11.9 Å². The Morgan fingerprint density at radius 1 is 1.12 bits per heavy atom. The third-order valence-corrected chi connectivity index (χ3v) is 4.19. The lowest BCUT2D eigenvalue weighted by Crippen LogP contribution is -2.22. The summed E-state index contributed by atoms with van der Waals surface area (Å²) in [7, 11) is 0. The van der Waals surface area contributed by atoms with Crippen LogP contribution in [0, 0.1) is 6.92 Å². The van der Waals surface area contributed by atoms with Gasteiger partial charge in [-0.05, 0) is 37.6 Å². The monoisotopic (exact) mass is 334 g/mol. The van der Waals surface area contributed by atoms with Gasteiger partial charge < -0.3 is 10.4 Å². The first-order chi connectivity index (χ1) is 12.1. The number of aryl methyl sites for hydroxylation is 1. The van der Waals surface area contributed by atoms with Crippen LogP contribution in [0.25, 0.3) is 5.70 Å². The molecule has 3 rings (SSSR count). The molecular weight excluding hydrogens is 312 g/mol. The van der Waals surface area contributed by atoms with Gasteiger partial charge in [-0.3, -0.25) is 9.79 Å². The number of nitrogens with zero attached hydrogens (tertiary/aromatic N) is 1. The fraction of sp³-hybridized carbons (Fsp3) is 0.238. The van der Waals surface area contributed by atoms with Crippen molar-refractivity contribution in [1.29, 1.82) is 0 Å². The number of unbranched alkanes of at least 4 members (excludes halogenated alkanes) is 1. The number of hydrogen-bond donors (Lipinski definition) is 2. The number of phenols is 1. The highest BCUT2D eigenvalue weighted by molar-refractivity contribution is 6.53. The van der Waals surface area contributed by atoms with Gasteiger partial charge in [-0.1, -0.05) is 43.2 Å². The average Bonchev–Trinajstić information content (AvgIpc) is 2.61. The summed E-state index contributed by atoms with van der Waals surface area (Å²) in [6, 6.07) is 13.0. The highest BCUT2D eigenvalue weighted by Crippen LogP contribution is 2.33. The molecule has 0 saturated carbocycles. The molecule has 0 aliphatic heterocycles. The van der Waals surface area contributed by atoms with Crippen molar-refractivity contribution >= 4 is 22.9 Å². The van der Waals surface area contributed by atoms with Crippen LogP contribution in [-0.2, 0) is 0 Å². The molecule has 0 heterocycles. The first kappa shape index (κ1) is 17.0. The summed E-state index contributed by atoms with van der Waals surface area (Å²) in [6.07, 6.45) is 3.71.